The Hall–Kier alpha value is -3.35. The fourth-order valence-electron chi connectivity index (χ4n) is 2.55. The lowest BCUT2D eigenvalue weighted by Crippen LogP contribution is -2.31. The molecule has 3 aromatic rings. The number of para-hydroxylation sites is 1. The van der Waals surface area contributed by atoms with E-state index in [1.807, 2.05) is 24.3 Å². The molecule has 0 unspecified atom stereocenters. The van der Waals surface area contributed by atoms with Gasteiger partial charge in [-0.05, 0) is 25.1 Å². The third kappa shape index (κ3) is 3.60. The first-order chi connectivity index (χ1) is 12.1. The number of carbonyl (C=O) groups is 3. The lowest BCUT2D eigenvalue weighted by Gasteiger charge is -2.05. The molecule has 0 aliphatic rings. The summed E-state index contributed by atoms with van der Waals surface area (Å²) in [6.45, 7) is 1.05. The topological polar surface area (TPSA) is 101 Å². The van der Waals surface area contributed by atoms with Crippen molar-refractivity contribution in [1.29, 1.82) is 0 Å². The van der Waals surface area contributed by atoms with E-state index in [2.05, 4.69) is 10.3 Å². The maximum atomic E-state index is 12.4. The zero-order chi connectivity index (χ0) is 17.8. The van der Waals surface area contributed by atoms with Crippen molar-refractivity contribution in [3.8, 4) is 0 Å². The summed E-state index contributed by atoms with van der Waals surface area (Å²) in [4.78, 5) is 38.8. The van der Waals surface area contributed by atoms with E-state index in [-0.39, 0.29) is 18.1 Å². The number of H-pyrrole nitrogens is 1. The van der Waals surface area contributed by atoms with Crippen molar-refractivity contribution in [1.82, 2.24) is 10.3 Å². The number of aryl methyl sites for hydroxylation is 1. The molecule has 0 radical (unpaired) electrons. The van der Waals surface area contributed by atoms with Gasteiger partial charge in [0, 0.05) is 22.2 Å². The summed E-state index contributed by atoms with van der Waals surface area (Å²) in [5.74, 6) is -1.44. The van der Waals surface area contributed by atoms with Crippen LogP contribution in [0.1, 0.15) is 26.6 Å². The summed E-state index contributed by atoms with van der Waals surface area (Å²) >= 11 is 0. The molecule has 25 heavy (non-hydrogen) atoms. The molecule has 1 aromatic carbocycles. The number of amides is 1. The molecule has 0 atom stereocenters. The summed E-state index contributed by atoms with van der Waals surface area (Å²) < 4.78 is 9.86. The number of nitrogens with one attached hydrogen (secondary N) is 2. The highest BCUT2D eigenvalue weighted by atomic mass is 16.5. The molecule has 0 fully saturated rings. The summed E-state index contributed by atoms with van der Waals surface area (Å²) in [5.41, 5.74) is 2.07. The van der Waals surface area contributed by atoms with Crippen LogP contribution in [0.5, 0.6) is 0 Å². The van der Waals surface area contributed by atoms with Crippen LogP contribution in [0.3, 0.4) is 0 Å². The Balaban J connectivity index is 1.55. The van der Waals surface area contributed by atoms with Crippen molar-refractivity contribution in [2.75, 3.05) is 13.2 Å². The summed E-state index contributed by atoms with van der Waals surface area (Å²) in [6, 6.07) is 10.4. The first-order valence-electron chi connectivity index (χ1n) is 7.64. The van der Waals surface area contributed by atoms with E-state index in [4.69, 9.17) is 9.15 Å². The number of ketones is 1. The Morgan fingerprint density at radius 2 is 1.96 bits per heavy atom. The number of furan rings is 1. The van der Waals surface area contributed by atoms with Gasteiger partial charge in [0.2, 0.25) is 5.78 Å². The molecular weight excluding hydrogens is 324 g/mol. The predicted octanol–water partition coefficient (Wildman–Crippen LogP) is 2.23. The lowest BCUT2D eigenvalue weighted by atomic mass is 10.1. The molecule has 2 heterocycles. The Kier molecular flexibility index (Phi) is 4.65. The molecule has 0 bridgehead atoms. The smallest absolute Gasteiger partial charge is 0.325 e. The van der Waals surface area contributed by atoms with Gasteiger partial charge in [0.1, 0.15) is 6.54 Å². The number of Topliss-reactive ketones (excluding diaryl/α,β-unsaturated/α-hetero) is 1. The van der Waals surface area contributed by atoms with Crippen LogP contribution in [-0.2, 0) is 9.53 Å². The lowest BCUT2D eigenvalue weighted by molar-refractivity contribution is -0.141. The Bertz CT molecular complexity index is 924. The second kappa shape index (κ2) is 7.04. The van der Waals surface area contributed by atoms with Gasteiger partial charge in [0.15, 0.2) is 12.4 Å². The van der Waals surface area contributed by atoms with Gasteiger partial charge in [-0.1, -0.05) is 18.2 Å². The first kappa shape index (κ1) is 16.5. The van der Waals surface area contributed by atoms with Crippen LogP contribution in [0.4, 0.5) is 0 Å². The zero-order valence-corrected chi connectivity index (χ0v) is 13.5. The SMILES string of the molecule is Cc1[nH]c2ccccc2c1C(=O)COC(=O)CNC(=O)c1ccco1. The van der Waals surface area contributed by atoms with Crippen LogP contribution in [0.2, 0.25) is 0 Å². The molecule has 0 aliphatic heterocycles. The summed E-state index contributed by atoms with van der Waals surface area (Å²) in [6.07, 6.45) is 1.36. The van der Waals surface area contributed by atoms with Crippen molar-refractivity contribution in [2.24, 2.45) is 0 Å². The number of esters is 1. The van der Waals surface area contributed by atoms with E-state index in [1.54, 1.807) is 13.0 Å². The second-order valence-corrected chi connectivity index (χ2v) is 5.41. The molecule has 0 saturated heterocycles. The Morgan fingerprint density at radius 3 is 2.72 bits per heavy atom. The molecule has 2 aromatic heterocycles. The number of hydrogen-bond acceptors (Lipinski definition) is 5. The third-order valence-electron chi connectivity index (χ3n) is 3.67. The van der Waals surface area contributed by atoms with E-state index in [0.29, 0.717) is 11.3 Å². The molecular formula is C18H16N2O5. The maximum absolute atomic E-state index is 12.4. The number of carbonyl (C=O) groups excluding carboxylic acids is 3. The number of rotatable bonds is 6. The number of aromatic amines is 1. The van der Waals surface area contributed by atoms with E-state index >= 15 is 0 Å². The number of hydrogen-bond donors (Lipinski definition) is 2. The Labute approximate surface area is 143 Å². The van der Waals surface area contributed by atoms with Gasteiger partial charge in [-0.15, -0.1) is 0 Å². The van der Waals surface area contributed by atoms with Crippen molar-refractivity contribution in [3.05, 3.63) is 59.7 Å². The fraction of sp³-hybridized carbons (Fsp3) is 0.167. The largest absolute Gasteiger partial charge is 0.459 e. The average Bonchev–Trinajstić information content (AvgIpc) is 3.24. The number of ether oxygens (including phenoxy) is 1. The average molecular weight is 340 g/mol. The van der Waals surface area contributed by atoms with Crippen molar-refractivity contribution >= 4 is 28.6 Å². The highest BCUT2D eigenvalue weighted by molar-refractivity contribution is 6.10. The zero-order valence-electron chi connectivity index (χ0n) is 13.5. The van der Waals surface area contributed by atoms with Gasteiger partial charge in [0.25, 0.3) is 5.91 Å². The molecule has 128 valence electrons. The van der Waals surface area contributed by atoms with Gasteiger partial charge < -0.3 is 19.5 Å². The maximum Gasteiger partial charge on any atom is 0.325 e. The van der Waals surface area contributed by atoms with Crippen LogP contribution in [0.15, 0.2) is 47.1 Å². The van der Waals surface area contributed by atoms with Gasteiger partial charge in [-0.2, -0.15) is 0 Å². The highest BCUT2D eigenvalue weighted by Gasteiger charge is 2.18. The molecule has 2 N–H and O–H groups in total. The minimum absolute atomic E-state index is 0.0956. The molecule has 3 rings (SSSR count). The van der Waals surface area contributed by atoms with Crippen LogP contribution in [0, 0.1) is 6.92 Å². The van der Waals surface area contributed by atoms with Gasteiger partial charge in [-0.3, -0.25) is 14.4 Å². The van der Waals surface area contributed by atoms with Gasteiger partial charge >= 0.3 is 5.97 Å². The normalized spacial score (nSPS) is 10.6. The van der Waals surface area contributed by atoms with E-state index < -0.39 is 18.5 Å². The fourth-order valence-corrected chi connectivity index (χ4v) is 2.55. The molecule has 7 nitrogen and oxygen atoms in total. The molecule has 0 saturated carbocycles. The highest BCUT2D eigenvalue weighted by Crippen LogP contribution is 2.22. The van der Waals surface area contributed by atoms with Gasteiger partial charge in [-0.25, -0.2) is 0 Å². The molecule has 1 amide bonds. The minimum atomic E-state index is -0.703. The first-order valence-corrected chi connectivity index (χ1v) is 7.64. The van der Waals surface area contributed by atoms with Crippen LogP contribution in [0.25, 0.3) is 10.9 Å². The van der Waals surface area contributed by atoms with Crippen LogP contribution in [-0.4, -0.2) is 35.8 Å². The van der Waals surface area contributed by atoms with Crippen LogP contribution < -0.4 is 5.32 Å². The molecule has 0 aliphatic carbocycles. The number of fused-ring (bicyclic) bond motifs is 1. The third-order valence-corrected chi connectivity index (χ3v) is 3.67. The van der Waals surface area contributed by atoms with Crippen molar-refractivity contribution < 1.29 is 23.5 Å². The number of aromatic nitrogens is 1. The molecule has 7 heteroatoms. The quantitative estimate of drug-likeness (QED) is 0.529. The molecule has 0 spiro atoms. The minimum Gasteiger partial charge on any atom is -0.459 e. The second-order valence-electron chi connectivity index (χ2n) is 5.41. The van der Waals surface area contributed by atoms with Crippen molar-refractivity contribution in [2.45, 2.75) is 6.92 Å². The Morgan fingerprint density at radius 1 is 1.16 bits per heavy atom. The van der Waals surface area contributed by atoms with E-state index in [9.17, 15) is 14.4 Å². The van der Waals surface area contributed by atoms with Crippen LogP contribution >= 0.6 is 0 Å². The summed E-state index contributed by atoms with van der Waals surface area (Å²) in [5, 5.41) is 3.14. The summed E-state index contributed by atoms with van der Waals surface area (Å²) in [7, 11) is 0. The predicted molar refractivity (Wildman–Crippen MR) is 89.4 cm³/mol. The monoisotopic (exact) mass is 340 g/mol. The van der Waals surface area contributed by atoms with E-state index in [0.717, 1.165) is 10.9 Å². The van der Waals surface area contributed by atoms with E-state index in [1.165, 1.54) is 12.3 Å². The standard InChI is InChI=1S/C18H16N2O5/c1-11-17(12-5-2-3-6-13(12)20-11)14(21)10-25-16(22)9-19-18(23)15-7-4-8-24-15/h2-8,20H,9-10H2,1H3,(H,19,23). The van der Waals surface area contributed by atoms with Crippen molar-refractivity contribution in [3.63, 3.8) is 0 Å². The van der Waals surface area contributed by atoms with Gasteiger partial charge in [0.05, 0.1) is 6.26 Å². The number of benzene rings is 1.